The number of methoxy groups -OCH3 is 1. The number of amides is 1. The highest BCUT2D eigenvalue weighted by atomic mass is 35.5. The summed E-state index contributed by atoms with van der Waals surface area (Å²) in [6, 6.07) is 4.57. The number of anilines is 1. The monoisotopic (exact) mass is 369 g/mol. The molecule has 0 radical (unpaired) electrons. The maximum atomic E-state index is 12.0. The summed E-state index contributed by atoms with van der Waals surface area (Å²) >= 11 is 7.06. The first-order valence-corrected chi connectivity index (χ1v) is 8.41. The average Bonchev–Trinajstić information content (AvgIpc) is 3.03. The molecule has 0 bridgehead atoms. The molecule has 0 aliphatic rings. The Balaban J connectivity index is 1.95. The molecule has 1 heterocycles. The number of nitrogens with one attached hydrogen (secondary N) is 1. The minimum absolute atomic E-state index is 0.0932. The number of thioether (sulfide) groups is 1. The minimum atomic E-state index is -0.572. The molecule has 128 valence electrons. The number of ether oxygens (including phenoxy) is 1. The fourth-order valence-electron chi connectivity index (χ4n) is 1.71. The Morgan fingerprint density at radius 1 is 1.38 bits per heavy atom. The normalized spacial score (nSPS) is 10.7. The van der Waals surface area contributed by atoms with Crippen LogP contribution in [0, 0.1) is 0 Å². The first kappa shape index (κ1) is 18.3. The summed E-state index contributed by atoms with van der Waals surface area (Å²) in [5.74, 6) is -0.0968. The molecule has 24 heavy (non-hydrogen) atoms. The number of esters is 1. The van der Waals surface area contributed by atoms with Crippen LogP contribution in [-0.2, 0) is 9.53 Å². The summed E-state index contributed by atoms with van der Waals surface area (Å²) in [4.78, 5) is 23.6. The predicted molar refractivity (Wildman–Crippen MR) is 90.5 cm³/mol. The summed E-state index contributed by atoms with van der Waals surface area (Å²) in [5.41, 5.74) is 0.627. The van der Waals surface area contributed by atoms with Gasteiger partial charge in [-0.3, -0.25) is 4.79 Å². The lowest BCUT2D eigenvalue weighted by molar-refractivity contribution is -0.113. The van der Waals surface area contributed by atoms with E-state index in [0.29, 0.717) is 16.8 Å². The third-order valence-corrected chi connectivity index (χ3v) is 4.05. The van der Waals surface area contributed by atoms with Gasteiger partial charge in [-0.2, -0.15) is 0 Å². The van der Waals surface area contributed by atoms with Gasteiger partial charge in [0.2, 0.25) is 11.8 Å². The largest absolute Gasteiger partial charge is 0.465 e. The van der Waals surface area contributed by atoms with Gasteiger partial charge in [0.05, 0.1) is 23.4 Å². The summed E-state index contributed by atoms with van der Waals surface area (Å²) < 4.78 is 10.0. The zero-order chi connectivity index (χ0) is 17.7. The molecule has 0 fully saturated rings. The molecule has 0 saturated heterocycles. The van der Waals surface area contributed by atoms with E-state index in [-0.39, 0.29) is 28.2 Å². The van der Waals surface area contributed by atoms with Gasteiger partial charge in [-0.15, -0.1) is 10.2 Å². The number of halogens is 1. The first-order chi connectivity index (χ1) is 11.4. The van der Waals surface area contributed by atoms with Crippen LogP contribution in [0.25, 0.3) is 0 Å². The Morgan fingerprint density at radius 2 is 2.12 bits per heavy atom. The standard InChI is InChI=1S/C15H16ClN3O4S/c1-8(2)13-18-19-15(23-13)24-7-12(20)17-9-4-5-11(16)10(6-9)14(21)22-3/h4-6,8H,7H2,1-3H3,(H,17,20). The van der Waals surface area contributed by atoms with Gasteiger partial charge in [0.15, 0.2) is 0 Å². The second-order valence-corrected chi connectivity index (χ2v) is 6.42. The summed E-state index contributed by atoms with van der Waals surface area (Å²) in [7, 11) is 1.26. The fraction of sp³-hybridized carbons (Fsp3) is 0.333. The number of hydrogen-bond acceptors (Lipinski definition) is 7. The SMILES string of the molecule is COC(=O)c1cc(NC(=O)CSc2nnc(C(C)C)o2)ccc1Cl. The van der Waals surface area contributed by atoms with Gasteiger partial charge in [0, 0.05) is 11.6 Å². The Morgan fingerprint density at radius 3 is 2.75 bits per heavy atom. The van der Waals surface area contributed by atoms with Gasteiger partial charge in [0.1, 0.15) is 0 Å². The molecule has 1 N–H and O–H groups in total. The van der Waals surface area contributed by atoms with Gasteiger partial charge >= 0.3 is 5.97 Å². The van der Waals surface area contributed by atoms with Gasteiger partial charge in [-0.05, 0) is 18.2 Å². The molecule has 1 amide bonds. The van der Waals surface area contributed by atoms with Gasteiger partial charge in [0.25, 0.3) is 5.22 Å². The Labute approximate surface area is 148 Å². The van der Waals surface area contributed by atoms with Crippen LogP contribution in [0.4, 0.5) is 5.69 Å². The maximum Gasteiger partial charge on any atom is 0.339 e. The van der Waals surface area contributed by atoms with Crippen LogP contribution in [0.2, 0.25) is 5.02 Å². The maximum absolute atomic E-state index is 12.0. The number of carbonyl (C=O) groups excluding carboxylic acids is 2. The molecule has 1 aromatic heterocycles. The van der Waals surface area contributed by atoms with Gasteiger partial charge in [-0.1, -0.05) is 37.2 Å². The topological polar surface area (TPSA) is 94.3 Å². The molecule has 0 unspecified atom stereocenters. The van der Waals surface area contributed by atoms with E-state index in [4.69, 9.17) is 16.0 Å². The van der Waals surface area contributed by atoms with Crippen LogP contribution in [0.5, 0.6) is 0 Å². The number of rotatable bonds is 6. The van der Waals surface area contributed by atoms with E-state index in [0.717, 1.165) is 11.8 Å². The number of nitrogens with zero attached hydrogens (tertiary/aromatic N) is 2. The molecule has 9 heteroatoms. The summed E-state index contributed by atoms with van der Waals surface area (Å²) in [5, 5.41) is 11.0. The number of benzene rings is 1. The van der Waals surface area contributed by atoms with E-state index >= 15 is 0 Å². The predicted octanol–water partition coefficient (Wildman–Crippen LogP) is 3.36. The average molecular weight is 370 g/mol. The van der Waals surface area contributed by atoms with Crippen molar-refractivity contribution in [3.63, 3.8) is 0 Å². The highest BCUT2D eigenvalue weighted by Gasteiger charge is 2.14. The van der Waals surface area contributed by atoms with Crippen molar-refractivity contribution in [1.82, 2.24) is 10.2 Å². The molecule has 2 rings (SSSR count). The van der Waals surface area contributed by atoms with Crippen LogP contribution in [-0.4, -0.2) is 34.9 Å². The third kappa shape index (κ3) is 4.72. The van der Waals surface area contributed by atoms with E-state index < -0.39 is 5.97 Å². The lowest BCUT2D eigenvalue weighted by Crippen LogP contribution is -2.14. The number of aromatic nitrogens is 2. The van der Waals surface area contributed by atoms with Crippen molar-refractivity contribution in [3.8, 4) is 0 Å². The Bertz CT molecular complexity index is 748. The fourth-order valence-corrected chi connectivity index (χ4v) is 2.47. The minimum Gasteiger partial charge on any atom is -0.465 e. The zero-order valence-corrected chi connectivity index (χ0v) is 14.9. The molecule has 1 aromatic carbocycles. The molecule has 0 aliphatic heterocycles. The molecule has 0 atom stereocenters. The summed E-state index contributed by atoms with van der Waals surface area (Å²) in [6.07, 6.45) is 0. The van der Waals surface area contributed by atoms with Crippen LogP contribution in [0.1, 0.15) is 36.0 Å². The van der Waals surface area contributed by atoms with E-state index in [1.165, 1.54) is 19.2 Å². The Hall–Kier alpha value is -2.06. The molecule has 0 spiro atoms. The van der Waals surface area contributed by atoms with E-state index in [1.807, 2.05) is 13.8 Å². The quantitative estimate of drug-likeness (QED) is 0.616. The second kappa shape index (κ2) is 8.16. The van der Waals surface area contributed by atoms with Crippen LogP contribution in [0.15, 0.2) is 27.8 Å². The second-order valence-electron chi connectivity index (χ2n) is 5.08. The zero-order valence-electron chi connectivity index (χ0n) is 13.3. The van der Waals surface area contributed by atoms with E-state index in [2.05, 4.69) is 20.3 Å². The molecule has 0 saturated carbocycles. The highest BCUT2D eigenvalue weighted by molar-refractivity contribution is 7.99. The van der Waals surface area contributed by atoms with Crippen molar-refractivity contribution < 1.29 is 18.7 Å². The van der Waals surface area contributed by atoms with Crippen molar-refractivity contribution in [2.45, 2.75) is 25.0 Å². The summed E-state index contributed by atoms with van der Waals surface area (Å²) in [6.45, 7) is 3.88. The Kier molecular flexibility index (Phi) is 6.22. The van der Waals surface area contributed by atoms with Gasteiger partial charge < -0.3 is 14.5 Å². The molecular formula is C15H16ClN3O4S. The van der Waals surface area contributed by atoms with Crippen molar-refractivity contribution in [2.75, 3.05) is 18.2 Å². The number of carbonyl (C=O) groups is 2. The van der Waals surface area contributed by atoms with Crippen LogP contribution >= 0.6 is 23.4 Å². The van der Waals surface area contributed by atoms with Crippen LogP contribution in [0.3, 0.4) is 0 Å². The molecule has 7 nitrogen and oxygen atoms in total. The molecule has 2 aromatic rings. The smallest absolute Gasteiger partial charge is 0.339 e. The van der Waals surface area contributed by atoms with Crippen molar-refractivity contribution in [2.24, 2.45) is 0 Å². The van der Waals surface area contributed by atoms with Gasteiger partial charge in [-0.25, -0.2) is 4.79 Å². The first-order valence-electron chi connectivity index (χ1n) is 7.04. The highest BCUT2D eigenvalue weighted by Crippen LogP contribution is 2.23. The third-order valence-electron chi connectivity index (χ3n) is 2.90. The number of hydrogen-bond donors (Lipinski definition) is 1. The van der Waals surface area contributed by atoms with Crippen LogP contribution < -0.4 is 5.32 Å². The molecular weight excluding hydrogens is 354 g/mol. The van der Waals surface area contributed by atoms with E-state index in [9.17, 15) is 9.59 Å². The van der Waals surface area contributed by atoms with E-state index in [1.54, 1.807) is 6.07 Å². The van der Waals surface area contributed by atoms with Crippen molar-refractivity contribution in [3.05, 3.63) is 34.7 Å². The lowest BCUT2D eigenvalue weighted by Gasteiger charge is -2.07. The van der Waals surface area contributed by atoms with Crippen molar-refractivity contribution in [1.29, 1.82) is 0 Å². The lowest BCUT2D eigenvalue weighted by atomic mass is 10.2. The van der Waals surface area contributed by atoms with Crippen molar-refractivity contribution >= 4 is 40.9 Å². The molecule has 0 aliphatic carbocycles.